The maximum absolute atomic E-state index is 3.79. The summed E-state index contributed by atoms with van der Waals surface area (Å²) in [5, 5.41) is 3.79. The molecule has 1 heterocycles. The Balaban J connectivity index is 1.74. The fourth-order valence-corrected chi connectivity index (χ4v) is 5.19. The van der Waals surface area contributed by atoms with Crippen molar-refractivity contribution in [3.05, 3.63) is 0 Å². The summed E-state index contributed by atoms with van der Waals surface area (Å²) in [4.78, 5) is 2.90. The second-order valence-corrected chi connectivity index (χ2v) is 7.24. The normalized spacial score (nSPS) is 48.8. The molecule has 0 spiro atoms. The van der Waals surface area contributed by atoms with E-state index < -0.39 is 0 Å². The van der Waals surface area contributed by atoms with Crippen LogP contribution in [0.2, 0.25) is 0 Å². The first-order valence-electron chi connectivity index (χ1n) is 8.18. The average molecular weight is 250 g/mol. The van der Waals surface area contributed by atoms with E-state index in [1.165, 1.54) is 38.6 Å². The molecule has 0 aromatic rings. The second-order valence-electron chi connectivity index (χ2n) is 7.24. The summed E-state index contributed by atoms with van der Waals surface area (Å²) in [5.41, 5.74) is 0. The molecule has 2 nitrogen and oxygen atoms in total. The van der Waals surface area contributed by atoms with Gasteiger partial charge in [0.2, 0.25) is 0 Å². The van der Waals surface area contributed by atoms with Crippen LogP contribution in [-0.2, 0) is 0 Å². The van der Waals surface area contributed by atoms with Crippen LogP contribution in [0.1, 0.15) is 52.9 Å². The van der Waals surface area contributed by atoms with Crippen molar-refractivity contribution in [3.63, 3.8) is 0 Å². The summed E-state index contributed by atoms with van der Waals surface area (Å²) in [6.45, 7) is 9.72. The molecular formula is C16H30N2. The van der Waals surface area contributed by atoms with Crippen LogP contribution in [0.4, 0.5) is 0 Å². The lowest BCUT2D eigenvalue weighted by Crippen LogP contribution is -2.58. The number of hydrogen-bond acceptors (Lipinski definition) is 2. The first-order chi connectivity index (χ1) is 8.69. The van der Waals surface area contributed by atoms with Crippen molar-refractivity contribution in [3.8, 4) is 0 Å². The highest BCUT2D eigenvalue weighted by atomic mass is 15.3. The molecule has 3 rings (SSSR count). The first kappa shape index (κ1) is 12.9. The molecule has 2 heteroatoms. The van der Waals surface area contributed by atoms with Crippen molar-refractivity contribution in [1.29, 1.82) is 0 Å². The van der Waals surface area contributed by atoms with Gasteiger partial charge in [0.25, 0.3) is 0 Å². The fraction of sp³-hybridized carbons (Fsp3) is 1.00. The maximum atomic E-state index is 3.79. The third-order valence-electron chi connectivity index (χ3n) is 5.73. The van der Waals surface area contributed by atoms with E-state index in [1.807, 2.05) is 0 Å². The Morgan fingerprint density at radius 2 is 1.94 bits per heavy atom. The van der Waals surface area contributed by atoms with Crippen LogP contribution >= 0.6 is 0 Å². The second kappa shape index (κ2) is 5.13. The zero-order chi connectivity index (χ0) is 12.7. The van der Waals surface area contributed by atoms with Crippen LogP contribution in [0, 0.1) is 17.8 Å². The van der Waals surface area contributed by atoms with Crippen molar-refractivity contribution in [1.82, 2.24) is 10.2 Å². The summed E-state index contributed by atoms with van der Waals surface area (Å²) >= 11 is 0. The summed E-state index contributed by atoms with van der Waals surface area (Å²) < 4.78 is 0. The van der Waals surface area contributed by atoms with Gasteiger partial charge in [-0.05, 0) is 56.4 Å². The quantitative estimate of drug-likeness (QED) is 0.828. The average Bonchev–Trinajstić information content (AvgIpc) is 2.90. The van der Waals surface area contributed by atoms with E-state index in [2.05, 4.69) is 31.0 Å². The number of likely N-dealkylation sites (N-methyl/N-ethyl adjacent to an activating group) is 1. The zero-order valence-corrected chi connectivity index (χ0v) is 12.4. The Morgan fingerprint density at radius 3 is 2.56 bits per heavy atom. The Morgan fingerprint density at radius 1 is 1.11 bits per heavy atom. The molecule has 0 radical (unpaired) electrons. The predicted octanol–water partition coefficient (Wildman–Crippen LogP) is 2.88. The molecule has 0 aromatic carbocycles. The molecule has 1 N–H and O–H groups in total. The number of rotatable bonds is 3. The highest BCUT2D eigenvalue weighted by Gasteiger charge is 2.46. The van der Waals surface area contributed by atoms with Crippen LogP contribution in [0.25, 0.3) is 0 Å². The lowest BCUT2D eigenvalue weighted by Gasteiger charge is -2.47. The molecule has 0 amide bonds. The minimum absolute atomic E-state index is 0.744. The van der Waals surface area contributed by atoms with Crippen LogP contribution in [0.3, 0.4) is 0 Å². The molecule has 1 aliphatic heterocycles. The topological polar surface area (TPSA) is 15.3 Å². The number of piperidine rings is 1. The molecule has 2 saturated carbocycles. The highest BCUT2D eigenvalue weighted by Crippen LogP contribution is 2.43. The van der Waals surface area contributed by atoms with Crippen molar-refractivity contribution in [2.75, 3.05) is 13.1 Å². The molecule has 18 heavy (non-hydrogen) atoms. The molecule has 104 valence electrons. The molecule has 2 bridgehead atoms. The van der Waals surface area contributed by atoms with Gasteiger partial charge >= 0.3 is 0 Å². The minimum Gasteiger partial charge on any atom is -0.313 e. The molecule has 1 saturated heterocycles. The van der Waals surface area contributed by atoms with Gasteiger partial charge in [0.15, 0.2) is 0 Å². The molecule has 3 aliphatic rings. The SMILES string of the molecule is CCNC1CC(C)CC(C)C1N1CC2CCC1C2. The Bertz CT molecular complexity index is 291. The maximum Gasteiger partial charge on any atom is 0.0278 e. The highest BCUT2D eigenvalue weighted by molar-refractivity contribution is 5.02. The van der Waals surface area contributed by atoms with E-state index in [1.54, 1.807) is 0 Å². The van der Waals surface area contributed by atoms with Crippen LogP contribution in [-0.4, -0.2) is 36.1 Å². The van der Waals surface area contributed by atoms with Crippen LogP contribution in [0.15, 0.2) is 0 Å². The fourth-order valence-electron chi connectivity index (χ4n) is 5.19. The Hall–Kier alpha value is -0.0800. The first-order valence-corrected chi connectivity index (χ1v) is 8.18. The van der Waals surface area contributed by atoms with E-state index in [4.69, 9.17) is 0 Å². The predicted molar refractivity (Wildman–Crippen MR) is 76.6 cm³/mol. The number of nitrogens with zero attached hydrogens (tertiary/aromatic N) is 1. The lowest BCUT2D eigenvalue weighted by atomic mass is 9.75. The molecule has 2 aliphatic carbocycles. The van der Waals surface area contributed by atoms with Gasteiger partial charge in [-0.2, -0.15) is 0 Å². The van der Waals surface area contributed by atoms with Gasteiger partial charge in [0.05, 0.1) is 0 Å². The van der Waals surface area contributed by atoms with Gasteiger partial charge in [0, 0.05) is 24.7 Å². The number of nitrogens with one attached hydrogen (secondary N) is 1. The lowest BCUT2D eigenvalue weighted by molar-refractivity contribution is 0.0400. The van der Waals surface area contributed by atoms with Gasteiger partial charge in [-0.15, -0.1) is 0 Å². The van der Waals surface area contributed by atoms with Gasteiger partial charge < -0.3 is 5.32 Å². The summed E-state index contributed by atoms with van der Waals surface area (Å²) in [5.74, 6) is 2.81. The largest absolute Gasteiger partial charge is 0.313 e. The van der Waals surface area contributed by atoms with Crippen molar-refractivity contribution in [2.24, 2.45) is 17.8 Å². The van der Waals surface area contributed by atoms with Crippen molar-refractivity contribution >= 4 is 0 Å². The van der Waals surface area contributed by atoms with E-state index in [0.717, 1.165) is 42.4 Å². The minimum atomic E-state index is 0.744. The molecule has 6 unspecified atom stereocenters. The Kier molecular flexibility index (Phi) is 3.68. The smallest absolute Gasteiger partial charge is 0.0278 e. The third-order valence-corrected chi connectivity index (χ3v) is 5.73. The monoisotopic (exact) mass is 250 g/mol. The van der Waals surface area contributed by atoms with Gasteiger partial charge in [-0.1, -0.05) is 20.8 Å². The number of likely N-dealkylation sites (tertiary alicyclic amines) is 1. The van der Waals surface area contributed by atoms with Gasteiger partial charge in [-0.25, -0.2) is 0 Å². The summed E-state index contributed by atoms with van der Waals surface area (Å²) in [6, 6.07) is 2.49. The molecule has 3 fully saturated rings. The molecular weight excluding hydrogens is 220 g/mol. The standard InChI is InChI=1S/C16H30N2/c1-4-17-15-8-11(2)7-12(3)16(15)18-10-13-5-6-14(18)9-13/h11-17H,4-10H2,1-3H3. The van der Waals surface area contributed by atoms with Crippen molar-refractivity contribution in [2.45, 2.75) is 71.0 Å². The van der Waals surface area contributed by atoms with Gasteiger partial charge in [0.1, 0.15) is 0 Å². The van der Waals surface area contributed by atoms with Crippen molar-refractivity contribution < 1.29 is 0 Å². The van der Waals surface area contributed by atoms with Gasteiger partial charge in [-0.3, -0.25) is 4.90 Å². The van der Waals surface area contributed by atoms with E-state index in [0.29, 0.717) is 0 Å². The van der Waals surface area contributed by atoms with E-state index >= 15 is 0 Å². The number of hydrogen-bond donors (Lipinski definition) is 1. The summed E-state index contributed by atoms with van der Waals surface area (Å²) in [6.07, 6.45) is 7.29. The van der Waals surface area contributed by atoms with Crippen LogP contribution < -0.4 is 5.32 Å². The van der Waals surface area contributed by atoms with E-state index in [9.17, 15) is 0 Å². The van der Waals surface area contributed by atoms with Crippen LogP contribution in [0.5, 0.6) is 0 Å². The summed E-state index contributed by atoms with van der Waals surface area (Å²) in [7, 11) is 0. The number of fused-ring (bicyclic) bond motifs is 2. The third kappa shape index (κ3) is 2.22. The Labute approximate surface area is 113 Å². The zero-order valence-electron chi connectivity index (χ0n) is 12.4. The molecule has 6 atom stereocenters. The van der Waals surface area contributed by atoms with E-state index in [-0.39, 0.29) is 0 Å². The molecule has 0 aromatic heterocycles.